The standard InChI is InChI=1S/C17H20N2O2/c1-13-8-10-21-16(13)12-18-11-14-4-6-15(7-5-14)19-9-2-3-17(19)20/h4-8,10,18H,2-3,9,11-12H2,1H3. The molecule has 0 atom stereocenters. The summed E-state index contributed by atoms with van der Waals surface area (Å²) in [6.45, 7) is 4.40. The van der Waals surface area contributed by atoms with E-state index < -0.39 is 0 Å². The highest BCUT2D eigenvalue weighted by atomic mass is 16.3. The van der Waals surface area contributed by atoms with Crippen LogP contribution in [0.15, 0.2) is 41.0 Å². The van der Waals surface area contributed by atoms with Gasteiger partial charge in [0.25, 0.3) is 0 Å². The van der Waals surface area contributed by atoms with Gasteiger partial charge >= 0.3 is 0 Å². The molecule has 1 aliphatic rings. The van der Waals surface area contributed by atoms with Crippen molar-refractivity contribution in [1.29, 1.82) is 0 Å². The van der Waals surface area contributed by atoms with Crippen molar-refractivity contribution < 1.29 is 9.21 Å². The van der Waals surface area contributed by atoms with Crippen LogP contribution in [-0.4, -0.2) is 12.5 Å². The minimum absolute atomic E-state index is 0.231. The van der Waals surface area contributed by atoms with Crippen molar-refractivity contribution in [2.24, 2.45) is 0 Å². The molecule has 110 valence electrons. The average Bonchev–Trinajstić information content (AvgIpc) is 3.09. The van der Waals surface area contributed by atoms with Crippen LogP contribution < -0.4 is 10.2 Å². The first kappa shape index (κ1) is 13.9. The topological polar surface area (TPSA) is 45.5 Å². The van der Waals surface area contributed by atoms with Gasteiger partial charge in [-0.1, -0.05) is 12.1 Å². The van der Waals surface area contributed by atoms with E-state index in [1.165, 1.54) is 11.1 Å². The Balaban J connectivity index is 1.55. The van der Waals surface area contributed by atoms with E-state index in [0.29, 0.717) is 6.42 Å². The lowest BCUT2D eigenvalue weighted by Crippen LogP contribution is -2.23. The average molecular weight is 284 g/mol. The molecule has 21 heavy (non-hydrogen) atoms. The highest BCUT2D eigenvalue weighted by Crippen LogP contribution is 2.21. The summed E-state index contributed by atoms with van der Waals surface area (Å²) >= 11 is 0. The Morgan fingerprint density at radius 3 is 2.62 bits per heavy atom. The first-order valence-electron chi connectivity index (χ1n) is 7.37. The molecule has 1 saturated heterocycles. The molecule has 1 aliphatic heterocycles. The van der Waals surface area contributed by atoms with Crippen molar-refractivity contribution in [3.05, 3.63) is 53.5 Å². The smallest absolute Gasteiger partial charge is 0.227 e. The van der Waals surface area contributed by atoms with Gasteiger partial charge in [-0.2, -0.15) is 0 Å². The summed E-state index contributed by atoms with van der Waals surface area (Å²) in [6.07, 6.45) is 3.35. The van der Waals surface area contributed by atoms with Gasteiger partial charge in [-0.15, -0.1) is 0 Å². The molecule has 1 aromatic heterocycles. The SMILES string of the molecule is Cc1ccoc1CNCc1ccc(N2CCCC2=O)cc1. The monoisotopic (exact) mass is 284 g/mol. The molecule has 2 heterocycles. The second-order valence-corrected chi connectivity index (χ2v) is 5.45. The van der Waals surface area contributed by atoms with Crippen LogP contribution >= 0.6 is 0 Å². The van der Waals surface area contributed by atoms with Crippen molar-refractivity contribution in [2.75, 3.05) is 11.4 Å². The Kier molecular flexibility index (Phi) is 4.06. The fraction of sp³-hybridized carbons (Fsp3) is 0.353. The summed E-state index contributed by atoms with van der Waals surface area (Å²) < 4.78 is 5.39. The van der Waals surface area contributed by atoms with E-state index in [1.807, 2.05) is 30.0 Å². The van der Waals surface area contributed by atoms with Crippen LogP contribution in [0.25, 0.3) is 0 Å². The number of benzene rings is 1. The molecule has 4 nitrogen and oxygen atoms in total. The summed E-state index contributed by atoms with van der Waals surface area (Å²) in [6, 6.07) is 10.2. The van der Waals surface area contributed by atoms with Crippen LogP contribution in [0.2, 0.25) is 0 Å². The molecule has 0 saturated carbocycles. The van der Waals surface area contributed by atoms with Crippen LogP contribution in [0.4, 0.5) is 5.69 Å². The number of furan rings is 1. The lowest BCUT2D eigenvalue weighted by atomic mass is 10.2. The van der Waals surface area contributed by atoms with Gasteiger partial charge in [-0.05, 0) is 42.7 Å². The van der Waals surface area contributed by atoms with Crippen LogP contribution in [0.1, 0.15) is 29.7 Å². The molecule has 0 unspecified atom stereocenters. The molecule has 1 aromatic carbocycles. The Morgan fingerprint density at radius 1 is 1.19 bits per heavy atom. The third kappa shape index (κ3) is 3.16. The Hall–Kier alpha value is -2.07. The van der Waals surface area contributed by atoms with Gasteiger partial charge in [-0.3, -0.25) is 4.79 Å². The predicted octanol–water partition coefficient (Wildman–Crippen LogP) is 3.00. The van der Waals surface area contributed by atoms with Gasteiger partial charge in [0.1, 0.15) is 5.76 Å². The molecule has 1 fully saturated rings. The number of nitrogens with zero attached hydrogens (tertiary/aromatic N) is 1. The van der Waals surface area contributed by atoms with Crippen LogP contribution in [0, 0.1) is 6.92 Å². The summed E-state index contributed by atoms with van der Waals surface area (Å²) in [5.41, 5.74) is 3.38. The van der Waals surface area contributed by atoms with Crippen molar-refractivity contribution in [1.82, 2.24) is 5.32 Å². The van der Waals surface area contributed by atoms with Gasteiger partial charge < -0.3 is 14.6 Å². The van der Waals surface area contributed by atoms with Gasteiger partial charge in [0.2, 0.25) is 5.91 Å². The van der Waals surface area contributed by atoms with E-state index in [9.17, 15) is 4.79 Å². The summed E-state index contributed by atoms with van der Waals surface area (Å²) in [5, 5.41) is 3.37. The Morgan fingerprint density at radius 2 is 2.00 bits per heavy atom. The molecule has 0 bridgehead atoms. The normalized spacial score (nSPS) is 14.9. The molecule has 1 amide bonds. The maximum Gasteiger partial charge on any atom is 0.227 e. The highest BCUT2D eigenvalue weighted by Gasteiger charge is 2.21. The quantitative estimate of drug-likeness (QED) is 0.918. The predicted molar refractivity (Wildman–Crippen MR) is 82.0 cm³/mol. The zero-order valence-corrected chi connectivity index (χ0v) is 12.3. The minimum atomic E-state index is 0.231. The lowest BCUT2D eigenvalue weighted by Gasteiger charge is -2.16. The number of nitrogens with one attached hydrogen (secondary N) is 1. The van der Waals surface area contributed by atoms with Crippen LogP contribution in [0.3, 0.4) is 0 Å². The van der Waals surface area contributed by atoms with Crippen molar-refractivity contribution in [2.45, 2.75) is 32.9 Å². The minimum Gasteiger partial charge on any atom is -0.468 e. The number of hydrogen-bond acceptors (Lipinski definition) is 3. The molecular weight excluding hydrogens is 264 g/mol. The molecule has 3 rings (SSSR count). The number of rotatable bonds is 5. The number of carbonyl (C=O) groups is 1. The van der Waals surface area contributed by atoms with Crippen molar-refractivity contribution in [3.8, 4) is 0 Å². The van der Waals surface area contributed by atoms with E-state index in [-0.39, 0.29) is 5.91 Å². The Bertz CT molecular complexity index is 616. The van der Waals surface area contributed by atoms with Crippen molar-refractivity contribution >= 4 is 11.6 Å². The van der Waals surface area contributed by atoms with Gasteiger partial charge in [0.15, 0.2) is 0 Å². The van der Waals surface area contributed by atoms with Crippen LogP contribution in [0.5, 0.6) is 0 Å². The number of hydrogen-bond donors (Lipinski definition) is 1. The number of carbonyl (C=O) groups excluding carboxylic acids is 1. The van der Waals surface area contributed by atoms with E-state index in [1.54, 1.807) is 6.26 Å². The highest BCUT2D eigenvalue weighted by molar-refractivity contribution is 5.95. The fourth-order valence-electron chi connectivity index (χ4n) is 2.62. The molecule has 1 N–H and O–H groups in total. The third-order valence-corrected chi connectivity index (χ3v) is 3.90. The molecule has 0 aliphatic carbocycles. The number of amides is 1. The maximum absolute atomic E-state index is 11.7. The van der Waals surface area contributed by atoms with Gasteiger partial charge in [0, 0.05) is 25.2 Å². The first-order chi connectivity index (χ1) is 10.2. The van der Waals surface area contributed by atoms with Gasteiger partial charge in [-0.25, -0.2) is 0 Å². The Labute approximate surface area is 124 Å². The molecule has 2 aromatic rings. The van der Waals surface area contributed by atoms with E-state index in [2.05, 4.69) is 17.4 Å². The number of aryl methyl sites for hydroxylation is 1. The zero-order valence-electron chi connectivity index (χ0n) is 12.3. The van der Waals surface area contributed by atoms with E-state index >= 15 is 0 Å². The second kappa shape index (κ2) is 6.14. The van der Waals surface area contributed by atoms with Crippen molar-refractivity contribution in [3.63, 3.8) is 0 Å². The number of anilines is 1. The molecular formula is C17H20N2O2. The van der Waals surface area contributed by atoms with E-state index in [4.69, 9.17) is 4.42 Å². The fourth-order valence-corrected chi connectivity index (χ4v) is 2.62. The zero-order chi connectivity index (χ0) is 14.7. The lowest BCUT2D eigenvalue weighted by molar-refractivity contribution is -0.117. The second-order valence-electron chi connectivity index (χ2n) is 5.45. The molecule has 0 radical (unpaired) electrons. The third-order valence-electron chi connectivity index (χ3n) is 3.90. The largest absolute Gasteiger partial charge is 0.468 e. The molecule has 4 heteroatoms. The summed E-state index contributed by atoms with van der Waals surface area (Å²) in [7, 11) is 0. The maximum atomic E-state index is 11.7. The molecule has 0 spiro atoms. The summed E-state index contributed by atoms with van der Waals surface area (Å²) in [4.78, 5) is 13.6. The van der Waals surface area contributed by atoms with Gasteiger partial charge in [0.05, 0.1) is 12.8 Å². The summed E-state index contributed by atoms with van der Waals surface area (Å²) in [5.74, 6) is 1.21. The van der Waals surface area contributed by atoms with E-state index in [0.717, 1.165) is 37.5 Å². The van der Waals surface area contributed by atoms with Crippen LogP contribution in [-0.2, 0) is 17.9 Å². The first-order valence-corrected chi connectivity index (χ1v) is 7.37.